The summed E-state index contributed by atoms with van der Waals surface area (Å²) in [5.74, 6) is 0.952. The maximum Gasteiger partial charge on any atom is 0.304 e. The Bertz CT molecular complexity index is 389. The summed E-state index contributed by atoms with van der Waals surface area (Å²) in [6.07, 6.45) is 0.144. The molecule has 0 saturated carbocycles. The summed E-state index contributed by atoms with van der Waals surface area (Å²) in [5, 5.41) is 16.9. The molecular formula is C11H20N4O2. The normalized spacial score (nSPS) is 13.0. The zero-order valence-electron chi connectivity index (χ0n) is 10.8. The van der Waals surface area contributed by atoms with E-state index in [1.807, 2.05) is 32.4 Å². The van der Waals surface area contributed by atoms with Gasteiger partial charge in [0.15, 0.2) is 0 Å². The molecule has 1 atom stereocenters. The van der Waals surface area contributed by atoms with E-state index in [0.717, 1.165) is 18.2 Å². The van der Waals surface area contributed by atoms with Crippen LogP contribution in [0, 0.1) is 6.92 Å². The van der Waals surface area contributed by atoms with E-state index < -0.39 is 5.97 Å². The summed E-state index contributed by atoms with van der Waals surface area (Å²) in [6, 6.07) is -0.00509. The van der Waals surface area contributed by atoms with Crippen LogP contribution in [0.15, 0.2) is 0 Å². The highest BCUT2D eigenvalue weighted by atomic mass is 16.4. The van der Waals surface area contributed by atoms with Gasteiger partial charge in [-0.1, -0.05) is 6.92 Å². The Labute approximate surface area is 101 Å². The fourth-order valence-corrected chi connectivity index (χ4v) is 1.73. The average molecular weight is 240 g/mol. The molecule has 0 bridgehead atoms. The first-order valence-electron chi connectivity index (χ1n) is 5.76. The standard InChI is InChI=1S/C11H20N4O2/c1-5-15(8(2)6-11(16)17)7-10-13-12-9(3)14(10)4/h8H,5-7H2,1-4H3,(H,16,17). The van der Waals surface area contributed by atoms with Crippen molar-refractivity contribution < 1.29 is 9.90 Å². The topological polar surface area (TPSA) is 71.2 Å². The number of carbonyl (C=O) groups is 1. The summed E-state index contributed by atoms with van der Waals surface area (Å²) in [7, 11) is 1.92. The Morgan fingerprint density at radius 2 is 2.18 bits per heavy atom. The van der Waals surface area contributed by atoms with Crippen molar-refractivity contribution >= 4 is 5.97 Å². The van der Waals surface area contributed by atoms with Gasteiger partial charge in [0.25, 0.3) is 0 Å². The number of aromatic nitrogens is 3. The van der Waals surface area contributed by atoms with Crippen molar-refractivity contribution in [2.75, 3.05) is 6.54 Å². The molecule has 0 aliphatic heterocycles. The molecule has 0 aromatic carbocycles. The molecule has 6 heteroatoms. The molecule has 17 heavy (non-hydrogen) atoms. The average Bonchev–Trinajstić information content (AvgIpc) is 2.56. The van der Waals surface area contributed by atoms with Gasteiger partial charge < -0.3 is 9.67 Å². The number of hydrogen-bond acceptors (Lipinski definition) is 4. The molecular weight excluding hydrogens is 220 g/mol. The molecule has 0 amide bonds. The van der Waals surface area contributed by atoms with Gasteiger partial charge in [0.2, 0.25) is 0 Å². The minimum absolute atomic E-state index is 0.00509. The number of rotatable bonds is 6. The van der Waals surface area contributed by atoms with Gasteiger partial charge in [0, 0.05) is 13.1 Å². The van der Waals surface area contributed by atoms with Gasteiger partial charge in [-0.3, -0.25) is 9.69 Å². The van der Waals surface area contributed by atoms with Gasteiger partial charge in [-0.2, -0.15) is 0 Å². The van der Waals surface area contributed by atoms with E-state index in [0.29, 0.717) is 6.54 Å². The molecule has 1 heterocycles. The van der Waals surface area contributed by atoms with Crippen molar-refractivity contribution in [2.45, 2.75) is 39.8 Å². The highest BCUT2D eigenvalue weighted by Crippen LogP contribution is 2.09. The largest absolute Gasteiger partial charge is 0.481 e. The van der Waals surface area contributed by atoms with Crippen LogP contribution < -0.4 is 0 Å². The van der Waals surface area contributed by atoms with Crippen molar-refractivity contribution in [1.82, 2.24) is 19.7 Å². The van der Waals surface area contributed by atoms with Gasteiger partial charge in [0.1, 0.15) is 11.6 Å². The Balaban J connectivity index is 2.69. The smallest absolute Gasteiger partial charge is 0.304 e. The second kappa shape index (κ2) is 5.77. The van der Waals surface area contributed by atoms with E-state index in [2.05, 4.69) is 15.1 Å². The summed E-state index contributed by atoms with van der Waals surface area (Å²) in [4.78, 5) is 12.8. The molecule has 1 aromatic heterocycles. The predicted molar refractivity (Wildman–Crippen MR) is 63.5 cm³/mol. The highest BCUT2D eigenvalue weighted by Gasteiger charge is 2.18. The van der Waals surface area contributed by atoms with Crippen LogP contribution in [0.3, 0.4) is 0 Å². The van der Waals surface area contributed by atoms with E-state index in [9.17, 15) is 4.79 Å². The van der Waals surface area contributed by atoms with Crippen LogP contribution in [0.1, 0.15) is 31.9 Å². The fourth-order valence-electron chi connectivity index (χ4n) is 1.73. The van der Waals surface area contributed by atoms with E-state index >= 15 is 0 Å². The quantitative estimate of drug-likeness (QED) is 0.796. The molecule has 0 spiro atoms. The lowest BCUT2D eigenvalue weighted by Gasteiger charge is -2.25. The molecule has 6 nitrogen and oxygen atoms in total. The monoisotopic (exact) mass is 240 g/mol. The minimum Gasteiger partial charge on any atom is -0.481 e. The summed E-state index contributed by atoms with van der Waals surface area (Å²) >= 11 is 0. The molecule has 0 radical (unpaired) electrons. The van der Waals surface area contributed by atoms with E-state index in [-0.39, 0.29) is 12.5 Å². The number of hydrogen-bond donors (Lipinski definition) is 1. The second-order valence-electron chi connectivity index (χ2n) is 4.23. The Kier molecular flexibility index (Phi) is 4.62. The van der Waals surface area contributed by atoms with Crippen LogP contribution in [-0.2, 0) is 18.4 Å². The third kappa shape index (κ3) is 3.52. The lowest BCUT2D eigenvalue weighted by Crippen LogP contribution is -2.35. The molecule has 1 rings (SSSR count). The molecule has 0 fully saturated rings. The van der Waals surface area contributed by atoms with Crippen molar-refractivity contribution in [3.05, 3.63) is 11.6 Å². The van der Waals surface area contributed by atoms with Crippen LogP contribution in [-0.4, -0.2) is 43.3 Å². The molecule has 0 aliphatic rings. The van der Waals surface area contributed by atoms with Crippen LogP contribution in [0.2, 0.25) is 0 Å². The first-order chi connectivity index (χ1) is 7.95. The molecule has 0 aliphatic carbocycles. The van der Waals surface area contributed by atoms with E-state index in [1.165, 1.54) is 0 Å². The molecule has 1 unspecified atom stereocenters. The van der Waals surface area contributed by atoms with Gasteiger partial charge in [-0.25, -0.2) is 0 Å². The van der Waals surface area contributed by atoms with Gasteiger partial charge in [-0.05, 0) is 20.4 Å². The number of aliphatic carboxylic acids is 1. The summed E-state index contributed by atoms with van der Waals surface area (Å²) < 4.78 is 1.93. The van der Waals surface area contributed by atoms with Crippen LogP contribution >= 0.6 is 0 Å². The van der Waals surface area contributed by atoms with E-state index in [4.69, 9.17) is 5.11 Å². The zero-order chi connectivity index (χ0) is 13.0. The predicted octanol–water partition coefficient (Wildman–Crippen LogP) is 0.809. The number of aryl methyl sites for hydroxylation is 1. The highest BCUT2D eigenvalue weighted by molar-refractivity contribution is 5.67. The minimum atomic E-state index is -0.773. The molecule has 1 aromatic rings. The summed E-state index contributed by atoms with van der Waals surface area (Å²) in [5.41, 5.74) is 0. The van der Waals surface area contributed by atoms with Gasteiger partial charge in [-0.15, -0.1) is 10.2 Å². The maximum absolute atomic E-state index is 10.7. The van der Waals surface area contributed by atoms with Crippen molar-refractivity contribution in [2.24, 2.45) is 7.05 Å². The Morgan fingerprint density at radius 3 is 2.59 bits per heavy atom. The lowest BCUT2D eigenvalue weighted by atomic mass is 10.2. The number of nitrogens with zero attached hydrogens (tertiary/aromatic N) is 4. The maximum atomic E-state index is 10.7. The zero-order valence-corrected chi connectivity index (χ0v) is 10.8. The first-order valence-corrected chi connectivity index (χ1v) is 5.76. The third-order valence-electron chi connectivity index (χ3n) is 3.03. The second-order valence-corrected chi connectivity index (χ2v) is 4.23. The Hall–Kier alpha value is -1.43. The first kappa shape index (κ1) is 13.6. The molecule has 1 N–H and O–H groups in total. The van der Waals surface area contributed by atoms with Crippen LogP contribution in [0.4, 0.5) is 0 Å². The van der Waals surface area contributed by atoms with Crippen molar-refractivity contribution in [1.29, 1.82) is 0 Å². The SMILES string of the molecule is CCN(Cc1nnc(C)n1C)C(C)CC(=O)O. The van der Waals surface area contributed by atoms with Crippen LogP contribution in [0.5, 0.6) is 0 Å². The van der Waals surface area contributed by atoms with E-state index in [1.54, 1.807) is 0 Å². The summed E-state index contributed by atoms with van der Waals surface area (Å²) in [6.45, 7) is 7.25. The number of carboxylic acid groups (broad SMARTS) is 1. The number of carboxylic acids is 1. The lowest BCUT2D eigenvalue weighted by molar-refractivity contribution is -0.138. The van der Waals surface area contributed by atoms with Gasteiger partial charge >= 0.3 is 5.97 Å². The van der Waals surface area contributed by atoms with Crippen molar-refractivity contribution in [3.63, 3.8) is 0 Å². The van der Waals surface area contributed by atoms with Crippen molar-refractivity contribution in [3.8, 4) is 0 Å². The Morgan fingerprint density at radius 1 is 1.53 bits per heavy atom. The molecule has 96 valence electrons. The fraction of sp³-hybridized carbons (Fsp3) is 0.727. The molecule has 0 saturated heterocycles. The van der Waals surface area contributed by atoms with Crippen LogP contribution in [0.25, 0.3) is 0 Å². The van der Waals surface area contributed by atoms with Gasteiger partial charge in [0.05, 0.1) is 13.0 Å². The third-order valence-corrected chi connectivity index (χ3v) is 3.03.